The molecule has 0 bridgehead atoms. The van der Waals surface area contributed by atoms with Gasteiger partial charge in [0.2, 0.25) is 5.28 Å². The molecule has 0 amide bonds. The lowest BCUT2D eigenvalue weighted by molar-refractivity contribution is -0.109. The number of aldehydes is 1. The summed E-state index contributed by atoms with van der Waals surface area (Å²) in [6, 6.07) is 9.87. The number of carbonyl (C=O) groups is 1. The first-order valence-corrected chi connectivity index (χ1v) is 8.83. The zero-order chi connectivity index (χ0) is 17.4. The van der Waals surface area contributed by atoms with Gasteiger partial charge in [-0.2, -0.15) is 4.98 Å². The van der Waals surface area contributed by atoms with Crippen LogP contribution < -0.4 is 9.80 Å². The molecule has 2 atom stereocenters. The van der Waals surface area contributed by atoms with Crippen molar-refractivity contribution in [3.63, 3.8) is 0 Å². The van der Waals surface area contributed by atoms with Crippen molar-refractivity contribution in [3.05, 3.63) is 46.3 Å². The van der Waals surface area contributed by atoms with Gasteiger partial charge in [0.15, 0.2) is 23.4 Å². The first kappa shape index (κ1) is 16.6. The molecular weight excluding hydrogens is 363 g/mol. The maximum absolute atomic E-state index is 12.0. The highest BCUT2D eigenvalue weighted by atomic mass is 35.5. The number of halogens is 2. The molecule has 1 saturated heterocycles. The van der Waals surface area contributed by atoms with Gasteiger partial charge in [-0.1, -0.05) is 41.9 Å². The number of fused-ring (bicyclic) bond motifs is 1. The van der Waals surface area contributed by atoms with Gasteiger partial charge in [-0.05, 0) is 30.0 Å². The third-order valence-corrected chi connectivity index (χ3v) is 4.90. The van der Waals surface area contributed by atoms with Gasteiger partial charge >= 0.3 is 0 Å². The fourth-order valence-corrected chi connectivity index (χ4v) is 3.89. The van der Waals surface area contributed by atoms with Crippen LogP contribution in [-0.2, 0) is 16.1 Å². The molecule has 2 aliphatic rings. The molecule has 3 heterocycles. The normalized spacial score (nSPS) is 22.3. The van der Waals surface area contributed by atoms with Crippen molar-refractivity contribution in [3.8, 4) is 0 Å². The Hall–Kier alpha value is -1.89. The zero-order valence-corrected chi connectivity index (χ0v) is 14.8. The summed E-state index contributed by atoms with van der Waals surface area (Å²) in [4.78, 5) is 24.1. The van der Waals surface area contributed by atoms with Crippen molar-refractivity contribution >= 4 is 41.0 Å². The van der Waals surface area contributed by atoms with Crippen LogP contribution in [0.2, 0.25) is 10.4 Å². The molecule has 1 fully saturated rings. The molecule has 8 heteroatoms. The highest BCUT2D eigenvalue weighted by Gasteiger charge is 2.44. The largest absolute Gasteiger partial charge is 0.358 e. The zero-order valence-electron chi connectivity index (χ0n) is 13.3. The third-order valence-electron chi connectivity index (χ3n) is 4.47. The van der Waals surface area contributed by atoms with Crippen LogP contribution >= 0.6 is 23.2 Å². The van der Waals surface area contributed by atoms with Crippen LogP contribution in [0.1, 0.15) is 18.4 Å². The molecule has 2 unspecified atom stereocenters. The Morgan fingerprint density at radius 2 is 2.04 bits per heavy atom. The average Bonchev–Trinajstić information content (AvgIpc) is 3.21. The Morgan fingerprint density at radius 3 is 2.72 bits per heavy atom. The van der Waals surface area contributed by atoms with Gasteiger partial charge in [0, 0.05) is 13.2 Å². The van der Waals surface area contributed by atoms with Gasteiger partial charge in [0.1, 0.15) is 11.9 Å². The van der Waals surface area contributed by atoms with Crippen molar-refractivity contribution < 1.29 is 9.53 Å². The minimum Gasteiger partial charge on any atom is -0.358 e. The molecule has 1 aromatic carbocycles. The smallest absolute Gasteiger partial charge is 0.225 e. The molecule has 130 valence electrons. The van der Waals surface area contributed by atoms with E-state index in [9.17, 15) is 4.79 Å². The monoisotopic (exact) mass is 378 g/mol. The van der Waals surface area contributed by atoms with Gasteiger partial charge in [-0.3, -0.25) is 4.79 Å². The first-order chi connectivity index (χ1) is 12.2. The maximum Gasteiger partial charge on any atom is 0.225 e. The molecule has 0 spiro atoms. The minimum atomic E-state index is -0.566. The fourth-order valence-electron chi connectivity index (χ4n) is 3.40. The second-order valence-electron chi connectivity index (χ2n) is 5.99. The van der Waals surface area contributed by atoms with Crippen LogP contribution in [0.3, 0.4) is 0 Å². The molecule has 0 N–H and O–H groups in total. The molecular formula is C17H16Cl2N4O2. The summed E-state index contributed by atoms with van der Waals surface area (Å²) in [5, 5.41) is 0.288. The summed E-state index contributed by atoms with van der Waals surface area (Å²) in [6.07, 6.45) is 1.85. The van der Waals surface area contributed by atoms with Gasteiger partial charge < -0.3 is 14.5 Å². The second kappa shape index (κ2) is 6.78. The summed E-state index contributed by atoms with van der Waals surface area (Å²) in [5.74, 6) is 0.546. The standard InChI is InChI=1S/C17H16Cl2N4O2/c18-15-14-16(21-17(19)20-15)23(13-7-4-8-25-13)12(10-24)22(14)9-11-5-2-1-3-6-11/h1-3,5-6,10,12-13H,4,7-9H2. The highest BCUT2D eigenvalue weighted by Crippen LogP contribution is 2.45. The van der Waals surface area contributed by atoms with Gasteiger partial charge in [-0.25, -0.2) is 4.98 Å². The maximum atomic E-state index is 12.0. The Balaban J connectivity index is 1.80. The topological polar surface area (TPSA) is 58.6 Å². The number of ether oxygens (including phenoxy) is 1. The predicted molar refractivity (Wildman–Crippen MR) is 96.0 cm³/mol. The number of nitrogens with zero attached hydrogens (tertiary/aromatic N) is 4. The number of hydrogen-bond donors (Lipinski definition) is 0. The van der Waals surface area contributed by atoms with E-state index < -0.39 is 6.17 Å². The number of aromatic nitrogens is 2. The SMILES string of the molecule is O=CC1N(Cc2ccccc2)c2c(Cl)nc(Cl)nc2N1C1CCCO1. The van der Waals surface area contributed by atoms with Crippen molar-refractivity contribution in [1.82, 2.24) is 9.97 Å². The van der Waals surface area contributed by atoms with E-state index in [0.717, 1.165) is 24.7 Å². The predicted octanol–water partition coefficient (Wildman–Crippen LogP) is 3.27. The van der Waals surface area contributed by atoms with Crippen LogP contribution in [0.25, 0.3) is 0 Å². The summed E-state index contributed by atoms with van der Waals surface area (Å²) < 4.78 is 5.80. The number of carbonyl (C=O) groups excluding carboxylic acids is 1. The summed E-state index contributed by atoms with van der Waals surface area (Å²) in [6.45, 7) is 1.17. The number of rotatable bonds is 4. The molecule has 2 aromatic rings. The van der Waals surface area contributed by atoms with Crippen LogP contribution in [0.4, 0.5) is 11.5 Å². The Labute approximate surface area is 155 Å². The summed E-state index contributed by atoms with van der Waals surface area (Å²) in [7, 11) is 0. The van der Waals surface area contributed by atoms with Crippen molar-refractivity contribution in [2.75, 3.05) is 16.4 Å². The Kier molecular flexibility index (Phi) is 4.50. The van der Waals surface area contributed by atoms with Gasteiger partial charge in [0.05, 0.1) is 0 Å². The molecule has 4 rings (SSSR count). The van der Waals surface area contributed by atoms with Crippen LogP contribution in [0, 0.1) is 0 Å². The van der Waals surface area contributed by atoms with E-state index in [1.54, 1.807) is 0 Å². The summed E-state index contributed by atoms with van der Waals surface area (Å²) in [5.41, 5.74) is 1.67. The quantitative estimate of drug-likeness (QED) is 0.462. The summed E-state index contributed by atoms with van der Waals surface area (Å²) >= 11 is 12.4. The highest BCUT2D eigenvalue weighted by molar-refractivity contribution is 6.34. The Bertz CT molecular complexity index is 784. The molecule has 0 saturated carbocycles. The first-order valence-electron chi connectivity index (χ1n) is 8.08. The van der Waals surface area contributed by atoms with Gasteiger partial charge in [-0.15, -0.1) is 0 Å². The molecule has 2 aliphatic heterocycles. The number of anilines is 2. The van der Waals surface area contributed by atoms with E-state index in [1.807, 2.05) is 40.1 Å². The third kappa shape index (κ3) is 2.94. The molecule has 6 nitrogen and oxygen atoms in total. The lowest BCUT2D eigenvalue weighted by Gasteiger charge is -2.31. The van der Waals surface area contributed by atoms with Crippen molar-refractivity contribution in [2.45, 2.75) is 31.8 Å². The van der Waals surface area contributed by atoms with Crippen LogP contribution in [0.15, 0.2) is 30.3 Å². The van der Waals surface area contributed by atoms with Crippen molar-refractivity contribution in [2.24, 2.45) is 0 Å². The lowest BCUT2D eigenvalue weighted by Crippen LogP contribution is -2.49. The molecule has 1 aromatic heterocycles. The van der Waals surface area contributed by atoms with E-state index in [4.69, 9.17) is 27.9 Å². The van der Waals surface area contributed by atoms with E-state index in [2.05, 4.69) is 9.97 Å². The van der Waals surface area contributed by atoms with Crippen LogP contribution in [-0.4, -0.2) is 35.3 Å². The van der Waals surface area contributed by atoms with E-state index >= 15 is 0 Å². The van der Waals surface area contributed by atoms with Crippen LogP contribution in [0.5, 0.6) is 0 Å². The Morgan fingerprint density at radius 1 is 1.24 bits per heavy atom. The van der Waals surface area contributed by atoms with E-state index in [0.29, 0.717) is 24.7 Å². The average molecular weight is 379 g/mol. The fraction of sp³-hybridized carbons (Fsp3) is 0.353. The number of hydrogen-bond acceptors (Lipinski definition) is 6. The second-order valence-corrected chi connectivity index (χ2v) is 6.69. The lowest BCUT2D eigenvalue weighted by atomic mass is 10.2. The van der Waals surface area contributed by atoms with Crippen molar-refractivity contribution in [1.29, 1.82) is 0 Å². The van der Waals surface area contributed by atoms with E-state index in [1.165, 1.54) is 0 Å². The minimum absolute atomic E-state index is 0.0537. The van der Waals surface area contributed by atoms with Gasteiger partial charge in [0.25, 0.3) is 0 Å². The molecule has 25 heavy (non-hydrogen) atoms. The number of benzene rings is 1. The van der Waals surface area contributed by atoms with E-state index in [-0.39, 0.29) is 16.7 Å². The molecule has 0 radical (unpaired) electrons. The molecule has 0 aliphatic carbocycles.